The van der Waals surface area contributed by atoms with Crippen LogP contribution in [0.1, 0.15) is 34.7 Å². The first-order valence-corrected chi connectivity index (χ1v) is 10.9. The molecule has 2 aliphatic rings. The highest BCUT2D eigenvalue weighted by atomic mass is 16.5. The van der Waals surface area contributed by atoms with Gasteiger partial charge in [-0.05, 0) is 50.5 Å². The molecule has 0 aliphatic carbocycles. The van der Waals surface area contributed by atoms with Crippen molar-refractivity contribution in [2.75, 3.05) is 45.6 Å². The molecular weight excluding hydrogens is 374 g/mol. The molecule has 1 unspecified atom stereocenters. The van der Waals surface area contributed by atoms with Gasteiger partial charge in [-0.25, -0.2) is 0 Å². The summed E-state index contributed by atoms with van der Waals surface area (Å²) in [6.45, 7) is 14.7. The lowest BCUT2D eigenvalue weighted by atomic mass is 9.91. The standard InChI is InChI=1S/C25H35N3O2/c1-17-18(2)24-21(19(3)23(17)26)14-25(4,30-24)16-28-12-10-27(11-13-28)15-20-8-6-7-9-22(20)29-5/h6-9H,10-16,26H2,1-5H3. The van der Waals surface area contributed by atoms with Gasteiger partial charge in [0.25, 0.3) is 0 Å². The van der Waals surface area contributed by atoms with E-state index in [0.717, 1.165) is 68.4 Å². The third-order valence-corrected chi connectivity index (χ3v) is 6.95. The third kappa shape index (κ3) is 3.88. The van der Waals surface area contributed by atoms with E-state index in [1.54, 1.807) is 7.11 Å². The van der Waals surface area contributed by atoms with E-state index >= 15 is 0 Å². The van der Waals surface area contributed by atoms with Crippen molar-refractivity contribution in [3.05, 3.63) is 52.1 Å². The van der Waals surface area contributed by atoms with Crippen LogP contribution in [0.25, 0.3) is 0 Å². The molecule has 162 valence electrons. The van der Waals surface area contributed by atoms with Crippen LogP contribution in [0.15, 0.2) is 24.3 Å². The predicted octanol–water partition coefficient (Wildman–Crippen LogP) is 3.71. The number of methoxy groups -OCH3 is 1. The second kappa shape index (κ2) is 8.12. The number of hydrogen-bond acceptors (Lipinski definition) is 5. The van der Waals surface area contributed by atoms with E-state index in [1.807, 2.05) is 12.1 Å². The lowest BCUT2D eigenvalue weighted by molar-refractivity contribution is 0.0363. The number of hydrogen-bond donors (Lipinski definition) is 1. The van der Waals surface area contributed by atoms with E-state index in [2.05, 4.69) is 49.6 Å². The van der Waals surface area contributed by atoms with Crippen molar-refractivity contribution in [3.8, 4) is 11.5 Å². The van der Waals surface area contributed by atoms with Crippen LogP contribution in [0.4, 0.5) is 5.69 Å². The number of rotatable bonds is 5. The van der Waals surface area contributed by atoms with Gasteiger partial charge in [0.15, 0.2) is 0 Å². The second-order valence-electron chi connectivity index (χ2n) is 9.19. The lowest BCUT2D eigenvalue weighted by Crippen LogP contribution is -2.52. The maximum atomic E-state index is 6.57. The molecule has 5 nitrogen and oxygen atoms in total. The number of nitrogen functional groups attached to an aromatic ring is 1. The average Bonchev–Trinajstić information content (AvgIpc) is 3.10. The molecule has 0 radical (unpaired) electrons. The number of nitrogens with two attached hydrogens (primary N) is 1. The molecule has 1 fully saturated rings. The van der Waals surface area contributed by atoms with Crippen molar-refractivity contribution in [1.29, 1.82) is 0 Å². The molecular formula is C25H35N3O2. The average molecular weight is 410 g/mol. The van der Waals surface area contributed by atoms with Gasteiger partial charge in [0, 0.05) is 62.5 Å². The molecule has 2 aromatic rings. The Morgan fingerprint density at radius 3 is 2.37 bits per heavy atom. The molecule has 0 amide bonds. The quantitative estimate of drug-likeness (QED) is 0.763. The van der Waals surface area contributed by atoms with Crippen molar-refractivity contribution in [2.45, 2.75) is 46.3 Å². The Bertz CT molecular complexity index is 895. The summed E-state index contributed by atoms with van der Waals surface area (Å²) in [5.41, 5.74) is 13.2. The summed E-state index contributed by atoms with van der Waals surface area (Å²) in [4.78, 5) is 5.06. The summed E-state index contributed by atoms with van der Waals surface area (Å²) < 4.78 is 12.1. The Hall–Kier alpha value is -2.24. The van der Waals surface area contributed by atoms with Gasteiger partial charge in [-0.15, -0.1) is 0 Å². The van der Waals surface area contributed by atoms with Gasteiger partial charge in [0.1, 0.15) is 17.1 Å². The van der Waals surface area contributed by atoms with E-state index in [-0.39, 0.29) is 5.60 Å². The molecule has 2 N–H and O–H groups in total. The summed E-state index contributed by atoms with van der Waals surface area (Å²) in [5.74, 6) is 2.04. The fourth-order valence-electron chi connectivity index (χ4n) is 4.96. The van der Waals surface area contributed by atoms with Crippen LogP contribution in [0.3, 0.4) is 0 Å². The fourth-order valence-corrected chi connectivity index (χ4v) is 4.96. The Labute approximate surface area is 180 Å². The number of fused-ring (bicyclic) bond motifs is 1. The van der Waals surface area contributed by atoms with Crippen LogP contribution in [0.5, 0.6) is 11.5 Å². The first-order valence-electron chi connectivity index (χ1n) is 10.9. The molecule has 0 spiro atoms. The summed E-state index contributed by atoms with van der Waals surface area (Å²) in [5, 5.41) is 0. The minimum Gasteiger partial charge on any atom is -0.496 e. The van der Waals surface area contributed by atoms with Crippen molar-refractivity contribution in [2.24, 2.45) is 0 Å². The largest absolute Gasteiger partial charge is 0.496 e. The van der Waals surface area contributed by atoms with Crippen molar-refractivity contribution in [3.63, 3.8) is 0 Å². The Balaban J connectivity index is 1.37. The monoisotopic (exact) mass is 409 g/mol. The zero-order valence-corrected chi connectivity index (χ0v) is 19.0. The van der Waals surface area contributed by atoms with Crippen LogP contribution in [0.2, 0.25) is 0 Å². The summed E-state index contributed by atoms with van der Waals surface area (Å²) in [7, 11) is 1.75. The molecule has 5 heteroatoms. The minimum atomic E-state index is -0.192. The van der Waals surface area contributed by atoms with Crippen LogP contribution in [-0.4, -0.2) is 55.2 Å². The van der Waals surface area contributed by atoms with E-state index in [0.29, 0.717) is 0 Å². The number of benzene rings is 2. The highest BCUT2D eigenvalue weighted by Gasteiger charge is 2.39. The molecule has 2 aliphatic heterocycles. The fraction of sp³-hybridized carbons (Fsp3) is 0.520. The van der Waals surface area contributed by atoms with Gasteiger partial charge >= 0.3 is 0 Å². The molecule has 1 atom stereocenters. The number of para-hydroxylation sites is 1. The number of piperazine rings is 1. The Morgan fingerprint density at radius 1 is 1.00 bits per heavy atom. The van der Waals surface area contributed by atoms with Gasteiger partial charge in [0.2, 0.25) is 0 Å². The van der Waals surface area contributed by atoms with Crippen LogP contribution >= 0.6 is 0 Å². The van der Waals surface area contributed by atoms with Crippen molar-refractivity contribution < 1.29 is 9.47 Å². The molecule has 1 saturated heterocycles. The van der Waals surface area contributed by atoms with Gasteiger partial charge in [-0.3, -0.25) is 9.80 Å². The predicted molar refractivity (Wildman–Crippen MR) is 123 cm³/mol. The van der Waals surface area contributed by atoms with E-state index in [9.17, 15) is 0 Å². The van der Waals surface area contributed by atoms with E-state index in [1.165, 1.54) is 22.3 Å². The first kappa shape index (κ1) is 21.0. The topological polar surface area (TPSA) is 51.0 Å². The zero-order valence-electron chi connectivity index (χ0n) is 19.0. The number of ether oxygens (including phenoxy) is 2. The molecule has 0 aromatic heterocycles. The first-order chi connectivity index (χ1) is 14.3. The molecule has 30 heavy (non-hydrogen) atoms. The molecule has 2 heterocycles. The van der Waals surface area contributed by atoms with Gasteiger partial charge < -0.3 is 15.2 Å². The lowest BCUT2D eigenvalue weighted by Gasteiger charge is -2.38. The number of anilines is 1. The Kier molecular flexibility index (Phi) is 5.69. The second-order valence-corrected chi connectivity index (χ2v) is 9.19. The molecule has 0 saturated carbocycles. The van der Waals surface area contributed by atoms with Gasteiger partial charge in [-0.2, -0.15) is 0 Å². The van der Waals surface area contributed by atoms with Gasteiger partial charge in [-0.1, -0.05) is 18.2 Å². The van der Waals surface area contributed by atoms with Gasteiger partial charge in [0.05, 0.1) is 7.11 Å². The molecule has 0 bridgehead atoms. The van der Waals surface area contributed by atoms with E-state index < -0.39 is 0 Å². The molecule has 2 aromatic carbocycles. The minimum absolute atomic E-state index is 0.192. The molecule has 4 rings (SSSR count). The highest BCUT2D eigenvalue weighted by Crippen LogP contribution is 2.44. The maximum absolute atomic E-state index is 6.57. The highest BCUT2D eigenvalue weighted by molar-refractivity contribution is 5.66. The van der Waals surface area contributed by atoms with Crippen LogP contribution in [0, 0.1) is 20.8 Å². The summed E-state index contributed by atoms with van der Waals surface area (Å²) >= 11 is 0. The Morgan fingerprint density at radius 2 is 1.67 bits per heavy atom. The SMILES string of the molecule is COc1ccccc1CN1CCN(CC2(C)Cc3c(C)c(N)c(C)c(C)c3O2)CC1. The van der Waals surface area contributed by atoms with E-state index in [4.69, 9.17) is 15.2 Å². The third-order valence-electron chi connectivity index (χ3n) is 6.95. The van der Waals surface area contributed by atoms with Crippen molar-refractivity contribution >= 4 is 5.69 Å². The van der Waals surface area contributed by atoms with Crippen molar-refractivity contribution in [1.82, 2.24) is 9.80 Å². The van der Waals surface area contributed by atoms with Crippen LogP contribution in [-0.2, 0) is 13.0 Å². The zero-order chi connectivity index (χ0) is 21.5. The maximum Gasteiger partial charge on any atom is 0.127 e. The summed E-state index contributed by atoms with van der Waals surface area (Å²) in [6.07, 6.45) is 0.931. The smallest absolute Gasteiger partial charge is 0.127 e. The summed E-state index contributed by atoms with van der Waals surface area (Å²) in [6, 6.07) is 8.32. The van der Waals surface area contributed by atoms with Crippen LogP contribution < -0.4 is 15.2 Å². The normalized spacial score (nSPS) is 22.0. The number of nitrogens with zero attached hydrogens (tertiary/aromatic N) is 2.